The lowest BCUT2D eigenvalue weighted by Gasteiger charge is -2.14. The van der Waals surface area contributed by atoms with Crippen molar-refractivity contribution in [2.24, 2.45) is 0 Å². The van der Waals surface area contributed by atoms with Gasteiger partial charge in [0.05, 0.1) is 6.42 Å². The summed E-state index contributed by atoms with van der Waals surface area (Å²) in [5.74, 6) is -0.408. The summed E-state index contributed by atoms with van der Waals surface area (Å²) < 4.78 is 5.20. The Morgan fingerprint density at radius 2 is 1.54 bits per heavy atom. The van der Waals surface area contributed by atoms with Crippen LogP contribution in [0.5, 0.6) is 0 Å². The molecule has 2 amide bonds. The minimum Gasteiger partial charge on any atom is -0.453 e. The minimum atomic E-state index is -0.896. The fraction of sp³-hybridized carbons (Fsp3) is 0.286. The van der Waals surface area contributed by atoms with Crippen LogP contribution in [0.25, 0.3) is 0 Å². The van der Waals surface area contributed by atoms with E-state index in [2.05, 4.69) is 10.6 Å². The maximum atomic E-state index is 12.2. The van der Waals surface area contributed by atoms with Crippen molar-refractivity contribution in [1.82, 2.24) is 0 Å². The van der Waals surface area contributed by atoms with E-state index in [1.165, 1.54) is 19.4 Å². The molecule has 2 N–H and O–H groups in total. The number of anilines is 2. The van der Waals surface area contributed by atoms with Crippen molar-refractivity contribution < 1.29 is 19.1 Å². The summed E-state index contributed by atoms with van der Waals surface area (Å²) >= 11 is 1.57. The Kier molecular flexibility index (Phi) is 8.07. The molecule has 148 valence electrons. The van der Waals surface area contributed by atoms with Gasteiger partial charge in [0.1, 0.15) is 0 Å². The smallest absolute Gasteiger partial charge is 0.307 e. The van der Waals surface area contributed by atoms with Gasteiger partial charge in [-0.3, -0.25) is 14.4 Å². The molecule has 0 spiro atoms. The molecule has 0 aliphatic heterocycles. The van der Waals surface area contributed by atoms with Crippen molar-refractivity contribution >= 4 is 40.9 Å². The van der Waals surface area contributed by atoms with Gasteiger partial charge in [0.15, 0.2) is 6.10 Å². The van der Waals surface area contributed by atoms with Crippen molar-refractivity contribution in [3.63, 3.8) is 0 Å². The average Bonchev–Trinajstić information content (AvgIpc) is 2.64. The molecule has 0 bridgehead atoms. The predicted molar refractivity (Wildman–Crippen MR) is 111 cm³/mol. The zero-order valence-corrected chi connectivity index (χ0v) is 17.0. The molecule has 28 heavy (non-hydrogen) atoms. The summed E-state index contributed by atoms with van der Waals surface area (Å²) in [5.41, 5.74) is 2.38. The second-order valence-electron chi connectivity index (χ2n) is 6.29. The second-order valence-corrected chi connectivity index (χ2v) is 7.46. The SMILES string of the molecule is CC(=O)Nc1ccc(NC(=O)[C@H](C)OC(=O)CCSc2ccc(C)cc2)cc1. The van der Waals surface area contributed by atoms with Crippen LogP contribution in [-0.2, 0) is 19.1 Å². The van der Waals surface area contributed by atoms with Crippen LogP contribution in [0.2, 0.25) is 0 Å². The highest BCUT2D eigenvalue weighted by Gasteiger charge is 2.17. The molecule has 0 radical (unpaired) electrons. The first kappa shape index (κ1) is 21.5. The number of carbonyl (C=O) groups excluding carboxylic acids is 3. The molecule has 0 saturated carbocycles. The molecule has 0 aliphatic carbocycles. The number of ether oxygens (including phenoxy) is 1. The molecule has 0 aliphatic rings. The molecule has 0 fully saturated rings. The average molecular weight is 401 g/mol. The molecule has 2 rings (SSSR count). The molecular formula is C21H24N2O4S. The first-order valence-corrected chi connectivity index (χ1v) is 9.89. The molecule has 1 atom stereocenters. The zero-order chi connectivity index (χ0) is 20.5. The number of hydrogen-bond acceptors (Lipinski definition) is 5. The van der Waals surface area contributed by atoms with Gasteiger partial charge in [-0.25, -0.2) is 0 Å². The van der Waals surface area contributed by atoms with E-state index in [-0.39, 0.29) is 12.3 Å². The monoisotopic (exact) mass is 400 g/mol. The Hall–Kier alpha value is -2.80. The fourth-order valence-electron chi connectivity index (χ4n) is 2.28. The van der Waals surface area contributed by atoms with Gasteiger partial charge < -0.3 is 15.4 Å². The van der Waals surface area contributed by atoms with Crippen molar-refractivity contribution in [3.05, 3.63) is 54.1 Å². The normalized spacial score (nSPS) is 11.4. The largest absolute Gasteiger partial charge is 0.453 e. The highest BCUT2D eigenvalue weighted by Crippen LogP contribution is 2.19. The van der Waals surface area contributed by atoms with E-state index >= 15 is 0 Å². The summed E-state index contributed by atoms with van der Waals surface area (Å²) in [6, 6.07) is 14.8. The lowest BCUT2D eigenvalue weighted by Crippen LogP contribution is -2.30. The Labute approximate surface area is 169 Å². The van der Waals surface area contributed by atoms with Gasteiger partial charge in [-0.1, -0.05) is 17.7 Å². The molecule has 0 aromatic heterocycles. The van der Waals surface area contributed by atoms with Crippen LogP contribution in [0, 0.1) is 6.92 Å². The standard InChI is InChI=1S/C21H24N2O4S/c1-14-4-10-19(11-5-14)28-13-12-20(25)27-15(2)21(26)23-18-8-6-17(7-9-18)22-16(3)24/h4-11,15H,12-13H2,1-3H3,(H,22,24)(H,23,26)/t15-/m0/s1. The summed E-state index contributed by atoms with van der Waals surface area (Å²) in [6.07, 6.45) is -0.673. The minimum absolute atomic E-state index is 0.169. The van der Waals surface area contributed by atoms with Gasteiger partial charge in [0, 0.05) is 28.9 Å². The predicted octanol–water partition coefficient (Wildman–Crippen LogP) is 4.01. The van der Waals surface area contributed by atoms with Crippen molar-refractivity contribution in [3.8, 4) is 0 Å². The van der Waals surface area contributed by atoms with Crippen LogP contribution < -0.4 is 10.6 Å². The lowest BCUT2D eigenvalue weighted by atomic mass is 10.2. The topological polar surface area (TPSA) is 84.5 Å². The highest BCUT2D eigenvalue weighted by atomic mass is 32.2. The third-order valence-electron chi connectivity index (χ3n) is 3.75. The zero-order valence-electron chi connectivity index (χ0n) is 16.2. The summed E-state index contributed by atoms with van der Waals surface area (Å²) in [5, 5.41) is 5.33. The van der Waals surface area contributed by atoms with E-state index in [4.69, 9.17) is 4.74 Å². The summed E-state index contributed by atoms with van der Waals surface area (Å²) in [4.78, 5) is 36.2. The third kappa shape index (κ3) is 7.44. The van der Waals surface area contributed by atoms with Crippen molar-refractivity contribution in [2.45, 2.75) is 38.2 Å². The van der Waals surface area contributed by atoms with Crippen LogP contribution in [-0.4, -0.2) is 29.6 Å². The van der Waals surface area contributed by atoms with E-state index in [1.54, 1.807) is 36.0 Å². The van der Waals surface area contributed by atoms with E-state index in [1.807, 2.05) is 31.2 Å². The molecule has 7 heteroatoms. The molecule has 0 unspecified atom stereocenters. The van der Waals surface area contributed by atoms with Gasteiger partial charge in [0.2, 0.25) is 5.91 Å². The number of aryl methyl sites for hydroxylation is 1. The lowest BCUT2D eigenvalue weighted by molar-refractivity contribution is -0.152. The van der Waals surface area contributed by atoms with Crippen LogP contribution in [0.15, 0.2) is 53.4 Å². The Morgan fingerprint density at radius 1 is 0.964 bits per heavy atom. The number of rotatable bonds is 8. The van der Waals surface area contributed by atoms with Gasteiger partial charge in [0.25, 0.3) is 5.91 Å². The van der Waals surface area contributed by atoms with Crippen molar-refractivity contribution in [1.29, 1.82) is 0 Å². The van der Waals surface area contributed by atoms with Crippen LogP contribution in [0.1, 0.15) is 25.8 Å². The number of esters is 1. The van der Waals surface area contributed by atoms with Crippen LogP contribution >= 0.6 is 11.8 Å². The maximum absolute atomic E-state index is 12.2. The molecule has 2 aromatic rings. The van der Waals surface area contributed by atoms with Gasteiger partial charge in [-0.2, -0.15) is 0 Å². The third-order valence-corrected chi connectivity index (χ3v) is 4.76. The van der Waals surface area contributed by atoms with Crippen LogP contribution in [0.3, 0.4) is 0 Å². The van der Waals surface area contributed by atoms with Gasteiger partial charge in [-0.15, -0.1) is 11.8 Å². The number of hydrogen-bond donors (Lipinski definition) is 2. The number of nitrogens with one attached hydrogen (secondary N) is 2. The first-order chi connectivity index (χ1) is 13.3. The van der Waals surface area contributed by atoms with E-state index in [0.29, 0.717) is 17.1 Å². The maximum Gasteiger partial charge on any atom is 0.307 e. The summed E-state index contributed by atoms with van der Waals surface area (Å²) in [7, 11) is 0. The van der Waals surface area contributed by atoms with Crippen molar-refractivity contribution in [2.75, 3.05) is 16.4 Å². The number of thioether (sulfide) groups is 1. The molecule has 0 heterocycles. The van der Waals surface area contributed by atoms with Crippen LogP contribution in [0.4, 0.5) is 11.4 Å². The number of carbonyl (C=O) groups is 3. The Bertz CT molecular complexity index is 819. The second kappa shape index (κ2) is 10.5. The number of amides is 2. The first-order valence-electron chi connectivity index (χ1n) is 8.91. The molecule has 0 saturated heterocycles. The molecule has 2 aromatic carbocycles. The van der Waals surface area contributed by atoms with E-state index in [0.717, 1.165) is 4.90 Å². The quantitative estimate of drug-likeness (QED) is 0.517. The molecule has 6 nitrogen and oxygen atoms in total. The van der Waals surface area contributed by atoms with E-state index < -0.39 is 18.0 Å². The van der Waals surface area contributed by atoms with E-state index in [9.17, 15) is 14.4 Å². The van der Waals surface area contributed by atoms with Gasteiger partial charge in [-0.05, 0) is 50.2 Å². The summed E-state index contributed by atoms with van der Waals surface area (Å²) in [6.45, 7) is 4.98. The molecular weight excluding hydrogens is 376 g/mol. The van der Waals surface area contributed by atoms with Gasteiger partial charge >= 0.3 is 5.97 Å². The fourth-order valence-corrected chi connectivity index (χ4v) is 3.11. The highest BCUT2D eigenvalue weighted by molar-refractivity contribution is 7.99. The Morgan fingerprint density at radius 3 is 2.11 bits per heavy atom. The Balaban J connectivity index is 1.74. The number of benzene rings is 2.